The molecule has 0 aliphatic rings. The van der Waals surface area contributed by atoms with E-state index in [1.54, 1.807) is 0 Å². The summed E-state index contributed by atoms with van der Waals surface area (Å²) in [6, 6.07) is 0. The van der Waals surface area contributed by atoms with Crippen molar-refractivity contribution < 1.29 is 140 Å². The van der Waals surface area contributed by atoms with Gasteiger partial charge in [-0.15, -0.1) is 0 Å². The molecule has 0 rings (SSSR count). The van der Waals surface area contributed by atoms with Crippen LogP contribution < -0.4 is 5.32 Å². The molecule has 0 aliphatic carbocycles. The highest BCUT2D eigenvalue weighted by Gasteiger charge is 2.41. The van der Waals surface area contributed by atoms with E-state index in [0.29, 0.717) is 36.8 Å². The van der Waals surface area contributed by atoms with E-state index in [1.165, 1.54) is 0 Å². The average Bonchev–Trinajstić information content (AvgIpc) is 0.864. The summed E-state index contributed by atoms with van der Waals surface area (Å²) in [5, 5.41) is 54.2. The molecule has 584 valence electrons. The predicted octanol–water partition coefficient (Wildman–Crippen LogP) is 0.696. The first kappa shape index (κ1) is 103. The van der Waals surface area contributed by atoms with Crippen molar-refractivity contribution in [2.24, 2.45) is 21.7 Å². The second-order valence-electron chi connectivity index (χ2n) is 21.4. The van der Waals surface area contributed by atoms with Gasteiger partial charge in [0.2, 0.25) is 0 Å². The summed E-state index contributed by atoms with van der Waals surface area (Å²) in [4.78, 5) is 109. The van der Waals surface area contributed by atoms with Gasteiger partial charge in [-0.05, 0) is 6.42 Å². The summed E-state index contributed by atoms with van der Waals surface area (Å²) < 4.78 is 75.7. The van der Waals surface area contributed by atoms with Crippen molar-refractivity contribution in [3.05, 3.63) is 0 Å². The van der Waals surface area contributed by atoms with Gasteiger partial charge < -0.3 is 102 Å². The summed E-state index contributed by atoms with van der Waals surface area (Å²) in [6.07, 6.45) is 0.937. The number of nitrogens with one attached hydrogen (secondary N) is 1. The second kappa shape index (κ2) is 71.5. The third-order valence-corrected chi connectivity index (χ3v) is 14.4. The highest BCUT2D eigenvalue weighted by molar-refractivity contribution is 7.81. The topological polar surface area (TPSA) is 416 Å². The van der Waals surface area contributed by atoms with Crippen LogP contribution in [0.1, 0.15) is 71.1 Å². The zero-order chi connectivity index (χ0) is 75.3. The summed E-state index contributed by atoms with van der Waals surface area (Å²) in [5.74, 6) is -2.42. The quantitative estimate of drug-likeness (QED) is 0.0172. The number of carbonyl (C=O) groups is 9. The molecule has 0 fully saturated rings. The van der Waals surface area contributed by atoms with Crippen molar-refractivity contribution in [1.82, 2.24) is 5.32 Å². The summed E-state index contributed by atoms with van der Waals surface area (Å²) in [6.45, 7) is 1.52. The number of rotatable bonds is 61. The zero-order valence-electron chi connectivity index (χ0n) is 56.6. The molecule has 0 aromatic rings. The number of carbonyl (C=O) groups excluding carboxylic acids is 9. The zero-order valence-corrected chi connectivity index (χ0v) is 64.7. The average molecular weight is 1600 g/mol. The highest BCUT2D eigenvalue weighted by atomic mass is 32.1. The Hall–Kier alpha value is -2.10. The lowest BCUT2D eigenvalue weighted by molar-refractivity contribution is -0.175. The summed E-state index contributed by atoms with van der Waals surface area (Å²) >= 11 is 36.2. The lowest BCUT2D eigenvalue weighted by Gasteiger charge is -2.35. The molecule has 0 aliphatic heterocycles. The van der Waals surface area contributed by atoms with E-state index in [-0.39, 0.29) is 257 Å². The predicted molar refractivity (Wildman–Crippen MR) is 394 cm³/mol. The fraction of sp³-hybridized carbons (Fsp3) is 0.850. The largest absolute Gasteiger partial charge is 0.465 e. The van der Waals surface area contributed by atoms with Gasteiger partial charge in [-0.1, -0.05) is 6.92 Å². The van der Waals surface area contributed by atoms with Crippen molar-refractivity contribution in [1.29, 1.82) is 0 Å². The Kier molecular flexibility index (Phi) is 74.6. The SMILES string of the molecule is CCC(COC(=O)CCS)(COC(=O)CCS)COC(=O)CCS.O=C(CCS)OCC(COCC(COC(=O)CCS)(COC(=O)CCS)COC(=O)CCS)(COC(=O)CCS)COC(=O)CCS.OCCNCCO.OCCOCC(COCCO)(COCCO)COCCO. The van der Waals surface area contributed by atoms with Crippen LogP contribution in [0, 0.1) is 21.7 Å². The molecule has 0 saturated heterocycles. The van der Waals surface area contributed by atoms with Crippen LogP contribution in [0.5, 0.6) is 0 Å². The van der Waals surface area contributed by atoms with Gasteiger partial charge in [-0.2, -0.15) is 114 Å². The molecule has 0 aromatic carbocycles. The van der Waals surface area contributed by atoms with Crippen LogP contribution in [-0.4, -0.2) is 314 Å². The Morgan fingerprint density at radius 3 is 0.566 bits per heavy atom. The minimum Gasteiger partial charge on any atom is -0.465 e. The number of hydrogen-bond acceptors (Lipinski definition) is 39. The third-order valence-electron chi connectivity index (χ3n) is 12.4. The number of aliphatic hydroxyl groups excluding tert-OH is 6. The maximum Gasteiger partial charge on any atom is 0.306 e. The second-order valence-corrected chi connectivity index (χ2v) is 25.4. The van der Waals surface area contributed by atoms with Crippen LogP contribution >= 0.6 is 114 Å². The van der Waals surface area contributed by atoms with E-state index in [9.17, 15) is 43.2 Å². The molecule has 7 N–H and O–H groups in total. The van der Waals surface area contributed by atoms with Crippen LogP contribution in [0.2, 0.25) is 0 Å². The lowest BCUT2D eigenvalue weighted by Crippen LogP contribution is -2.47. The molecule has 0 amide bonds. The maximum absolute atomic E-state index is 12.3. The Morgan fingerprint density at radius 2 is 0.414 bits per heavy atom. The molecular formula is C60H111NO29S9. The van der Waals surface area contributed by atoms with Gasteiger partial charge in [0.25, 0.3) is 0 Å². The third kappa shape index (κ3) is 60.8. The Morgan fingerprint density at radius 1 is 0.253 bits per heavy atom. The highest BCUT2D eigenvalue weighted by Crippen LogP contribution is 2.28. The Labute approximate surface area is 631 Å². The smallest absolute Gasteiger partial charge is 0.306 e. The Bertz CT molecular complexity index is 1780. The molecule has 0 unspecified atom stereocenters. The van der Waals surface area contributed by atoms with E-state index < -0.39 is 75.4 Å². The molecule has 0 radical (unpaired) electrons. The van der Waals surface area contributed by atoms with Gasteiger partial charge in [-0.25, -0.2) is 0 Å². The monoisotopic (exact) mass is 1600 g/mol. The maximum atomic E-state index is 12.3. The van der Waals surface area contributed by atoms with Crippen LogP contribution in [0.3, 0.4) is 0 Å². The van der Waals surface area contributed by atoms with E-state index in [4.69, 9.17) is 97.0 Å². The van der Waals surface area contributed by atoms with Crippen LogP contribution in [0.15, 0.2) is 0 Å². The first-order chi connectivity index (χ1) is 47.5. The number of ether oxygens (including phenoxy) is 14. The standard InChI is InChI=1S/C28H46O13S6.C15H26O6S3.C13H28O8.C4H11NO2/c29-21(1-7-42)36-15-27(16-37-22(30)2-8-43,17-38-23(31)3-9-44)13-35-14-28(18-39-24(32)4-10-45,19-40-25(33)5-11-46)20-41-26(34)6-12-47;1-2-15(9-19-12(16)3-6-22,10-20-13(17)4-7-23)11-21-14(18)5-8-24;14-1-5-18-9-13(10-19-6-2-15,11-20-7-3-16)12-21-8-4-17;6-3-1-5-2-4-7/h42-47H,1-20H2;22-24H,2-11H2,1H3;14-17H,1-12H2;5-7H,1-4H2. The van der Waals surface area contributed by atoms with Gasteiger partial charge in [0.1, 0.15) is 59.5 Å². The normalized spacial score (nSPS) is 11.3. The minimum absolute atomic E-state index is 0.00157. The van der Waals surface area contributed by atoms with Crippen molar-refractivity contribution in [2.45, 2.75) is 71.1 Å². The lowest BCUT2D eigenvalue weighted by atomic mass is 9.88. The van der Waals surface area contributed by atoms with Crippen molar-refractivity contribution in [3.63, 3.8) is 0 Å². The fourth-order valence-electron chi connectivity index (χ4n) is 6.93. The van der Waals surface area contributed by atoms with Crippen molar-refractivity contribution in [3.8, 4) is 0 Å². The molecule has 0 heterocycles. The summed E-state index contributed by atoms with van der Waals surface area (Å²) in [7, 11) is 0. The molecule has 99 heavy (non-hydrogen) atoms. The van der Waals surface area contributed by atoms with Gasteiger partial charge in [0.05, 0.1) is 185 Å². The number of esters is 9. The fourth-order valence-corrected chi connectivity index (χ4v) is 8.58. The van der Waals surface area contributed by atoms with Crippen LogP contribution in [0.4, 0.5) is 0 Å². The molecule has 0 atom stereocenters. The van der Waals surface area contributed by atoms with E-state index >= 15 is 0 Å². The molecule has 0 spiro atoms. The van der Waals surface area contributed by atoms with Gasteiger partial charge in [0, 0.05) is 64.9 Å². The molecular weight excluding hydrogens is 1490 g/mol. The summed E-state index contributed by atoms with van der Waals surface area (Å²) in [5.41, 5.74) is -4.23. The molecule has 0 saturated carbocycles. The number of hydrogen-bond donors (Lipinski definition) is 16. The molecule has 0 aromatic heterocycles. The number of thiol groups is 9. The van der Waals surface area contributed by atoms with Gasteiger partial charge >= 0.3 is 53.7 Å². The van der Waals surface area contributed by atoms with Gasteiger partial charge in [0.15, 0.2) is 0 Å². The minimum atomic E-state index is -1.41. The van der Waals surface area contributed by atoms with Crippen molar-refractivity contribution in [2.75, 3.05) is 230 Å². The van der Waals surface area contributed by atoms with Gasteiger partial charge in [-0.3, -0.25) is 43.2 Å². The molecule has 30 nitrogen and oxygen atoms in total. The van der Waals surface area contributed by atoms with E-state index in [2.05, 4.69) is 119 Å². The molecule has 39 heteroatoms. The number of aliphatic hydroxyl groups is 6. The Balaban J connectivity index is -0.000000719. The van der Waals surface area contributed by atoms with Crippen LogP contribution in [0.25, 0.3) is 0 Å². The van der Waals surface area contributed by atoms with Crippen LogP contribution in [-0.2, 0) is 109 Å². The molecule has 0 bridgehead atoms. The van der Waals surface area contributed by atoms with E-state index in [0.717, 1.165) is 0 Å². The first-order valence-electron chi connectivity index (χ1n) is 31.7. The first-order valence-corrected chi connectivity index (χ1v) is 37.3. The van der Waals surface area contributed by atoms with Crippen molar-refractivity contribution >= 4 is 167 Å². The van der Waals surface area contributed by atoms with E-state index in [1.807, 2.05) is 6.92 Å².